The third-order valence-electron chi connectivity index (χ3n) is 7.17. The number of ether oxygens (including phenoxy) is 1. The molecule has 0 atom stereocenters. The Balaban J connectivity index is 1.46. The van der Waals surface area contributed by atoms with E-state index >= 15 is 0 Å². The third-order valence-corrected chi connectivity index (χ3v) is 7.81. The number of methoxy groups -OCH3 is 1. The van der Waals surface area contributed by atoms with Crippen LogP contribution < -0.4 is 4.74 Å². The summed E-state index contributed by atoms with van der Waals surface area (Å²) in [5.41, 5.74) is 3.92. The smallest absolute Gasteiger partial charge is 0.229 e. The fraction of sp³-hybridized carbons (Fsp3) is 0.565. The molecule has 0 aliphatic heterocycles. The Kier molecular flexibility index (Phi) is 4.66. The van der Waals surface area contributed by atoms with Crippen LogP contribution >= 0.6 is 11.3 Å². The van der Waals surface area contributed by atoms with Crippen LogP contribution in [0.2, 0.25) is 0 Å². The van der Waals surface area contributed by atoms with Crippen LogP contribution in [-0.4, -0.2) is 28.4 Å². The highest BCUT2D eigenvalue weighted by Crippen LogP contribution is 2.58. The number of hydrogen-bond donors (Lipinski definition) is 0. The predicted octanol–water partition coefficient (Wildman–Crippen LogP) is 4.69. The van der Waals surface area contributed by atoms with Crippen molar-refractivity contribution in [2.24, 2.45) is 17.8 Å². The SMILES string of the molecule is COc1cccc(CN(C(=O)Cc2cscn2)C23CC4CC(CC(C4)C2)C3)c1. The van der Waals surface area contributed by atoms with Gasteiger partial charge in [-0.1, -0.05) is 12.1 Å². The van der Waals surface area contributed by atoms with Gasteiger partial charge in [-0.05, 0) is 74.0 Å². The van der Waals surface area contributed by atoms with Gasteiger partial charge in [0.1, 0.15) is 5.75 Å². The molecule has 0 N–H and O–H groups in total. The van der Waals surface area contributed by atoms with Crippen LogP contribution in [0.25, 0.3) is 0 Å². The van der Waals surface area contributed by atoms with Crippen molar-refractivity contribution < 1.29 is 9.53 Å². The van der Waals surface area contributed by atoms with Gasteiger partial charge in [-0.25, -0.2) is 4.98 Å². The Morgan fingerprint density at radius 1 is 1.21 bits per heavy atom. The second-order valence-corrected chi connectivity index (χ2v) is 9.85. The van der Waals surface area contributed by atoms with Gasteiger partial charge in [-0.2, -0.15) is 0 Å². The van der Waals surface area contributed by atoms with E-state index in [0.717, 1.165) is 34.8 Å². The highest BCUT2D eigenvalue weighted by atomic mass is 32.1. The standard InChI is InChI=1S/C23H28N2O2S/c1-27-21-4-2-3-16(8-21)13-25(22(26)9-20-14-28-15-24-20)23-10-17-5-18(11-23)7-19(6-17)12-23/h2-4,8,14-15,17-19H,5-7,9-13H2,1H3. The third kappa shape index (κ3) is 3.34. The highest BCUT2D eigenvalue weighted by Gasteiger charge is 2.54. The molecule has 5 heteroatoms. The maximum atomic E-state index is 13.5. The van der Waals surface area contributed by atoms with Crippen LogP contribution in [0.4, 0.5) is 0 Å². The Labute approximate surface area is 170 Å². The fourth-order valence-electron chi connectivity index (χ4n) is 6.44. The fourth-order valence-corrected chi connectivity index (χ4v) is 7.00. The second-order valence-electron chi connectivity index (χ2n) is 9.13. The van der Waals surface area contributed by atoms with Gasteiger partial charge in [0.2, 0.25) is 5.91 Å². The molecule has 148 valence electrons. The largest absolute Gasteiger partial charge is 0.497 e. The Hall–Kier alpha value is -1.88. The quantitative estimate of drug-likeness (QED) is 0.711. The summed E-state index contributed by atoms with van der Waals surface area (Å²) in [7, 11) is 1.70. The van der Waals surface area contributed by atoms with E-state index in [1.54, 1.807) is 18.4 Å². The number of carbonyl (C=O) groups is 1. The van der Waals surface area contributed by atoms with Crippen LogP contribution in [0.1, 0.15) is 49.8 Å². The van der Waals surface area contributed by atoms with Crippen molar-refractivity contribution in [3.63, 3.8) is 0 Å². The molecule has 0 saturated heterocycles. The molecule has 1 amide bonds. The van der Waals surface area contributed by atoms with Crippen LogP contribution in [0.3, 0.4) is 0 Å². The zero-order valence-electron chi connectivity index (χ0n) is 16.5. The lowest BCUT2D eigenvalue weighted by Gasteiger charge is -2.60. The maximum Gasteiger partial charge on any atom is 0.229 e. The van der Waals surface area contributed by atoms with E-state index in [0.29, 0.717) is 13.0 Å². The molecule has 4 saturated carbocycles. The minimum atomic E-state index is 0.0466. The van der Waals surface area contributed by atoms with Crippen LogP contribution in [0.15, 0.2) is 35.2 Å². The Morgan fingerprint density at radius 2 is 1.93 bits per heavy atom. The lowest BCUT2D eigenvalue weighted by molar-refractivity contribution is -0.151. The molecular formula is C23H28N2O2S. The summed E-state index contributed by atoms with van der Waals surface area (Å²) in [4.78, 5) is 20.2. The number of benzene rings is 1. The molecule has 2 aromatic rings. The number of amides is 1. The molecule has 0 spiro atoms. The van der Waals surface area contributed by atoms with Gasteiger partial charge in [0.05, 0.1) is 24.7 Å². The number of rotatable bonds is 6. The zero-order valence-corrected chi connectivity index (χ0v) is 17.3. The van der Waals surface area contributed by atoms with Crippen LogP contribution in [0.5, 0.6) is 5.75 Å². The molecule has 0 radical (unpaired) electrons. The van der Waals surface area contributed by atoms with Crippen molar-refractivity contribution in [3.8, 4) is 5.75 Å². The first-order valence-corrected chi connectivity index (χ1v) is 11.4. The summed E-state index contributed by atoms with van der Waals surface area (Å²) in [6.45, 7) is 0.673. The lowest BCUT2D eigenvalue weighted by Crippen LogP contribution is -2.61. The number of thiazole rings is 1. The average molecular weight is 397 g/mol. The monoisotopic (exact) mass is 396 g/mol. The minimum Gasteiger partial charge on any atom is -0.497 e. The molecule has 4 aliphatic carbocycles. The van der Waals surface area contributed by atoms with Crippen molar-refractivity contribution in [3.05, 3.63) is 46.4 Å². The minimum absolute atomic E-state index is 0.0466. The topological polar surface area (TPSA) is 42.4 Å². The average Bonchev–Trinajstić information content (AvgIpc) is 3.18. The lowest BCUT2D eigenvalue weighted by atomic mass is 9.52. The summed E-state index contributed by atoms with van der Waals surface area (Å²) in [6, 6.07) is 8.18. The van der Waals surface area contributed by atoms with Gasteiger partial charge in [0.15, 0.2) is 0 Å². The summed E-state index contributed by atoms with van der Waals surface area (Å²) < 4.78 is 5.42. The second kappa shape index (κ2) is 7.18. The van der Waals surface area contributed by atoms with Gasteiger partial charge in [0, 0.05) is 17.5 Å². The van der Waals surface area contributed by atoms with Crippen molar-refractivity contribution >= 4 is 17.2 Å². The van der Waals surface area contributed by atoms with Crippen LogP contribution in [-0.2, 0) is 17.8 Å². The van der Waals surface area contributed by atoms with Gasteiger partial charge in [-0.15, -0.1) is 11.3 Å². The summed E-state index contributed by atoms with van der Waals surface area (Å²) in [5, 5.41) is 2.00. The molecule has 1 aromatic carbocycles. The molecule has 4 bridgehead atoms. The molecular weight excluding hydrogens is 368 g/mol. The molecule has 4 nitrogen and oxygen atoms in total. The number of nitrogens with zero attached hydrogens (tertiary/aromatic N) is 2. The van der Waals surface area contributed by atoms with Crippen molar-refractivity contribution in [1.29, 1.82) is 0 Å². The maximum absolute atomic E-state index is 13.5. The van der Waals surface area contributed by atoms with E-state index in [9.17, 15) is 4.79 Å². The molecule has 28 heavy (non-hydrogen) atoms. The van der Waals surface area contributed by atoms with Gasteiger partial charge in [0.25, 0.3) is 0 Å². The zero-order chi connectivity index (χ0) is 19.1. The van der Waals surface area contributed by atoms with E-state index < -0.39 is 0 Å². The summed E-state index contributed by atoms with van der Waals surface area (Å²) in [5.74, 6) is 3.52. The van der Waals surface area contributed by atoms with Crippen molar-refractivity contribution in [1.82, 2.24) is 9.88 Å². The van der Waals surface area contributed by atoms with E-state index in [1.807, 2.05) is 23.0 Å². The van der Waals surface area contributed by atoms with Crippen LogP contribution in [0, 0.1) is 17.8 Å². The van der Waals surface area contributed by atoms with Crippen molar-refractivity contribution in [2.75, 3.05) is 7.11 Å². The predicted molar refractivity (Wildman–Crippen MR) is 110 cm³/mol. The van der Waals surface area contributed by atoms with Crippen molar-refractivity contribution in [2.45, 2.75) is 57.0 Å². The Bertz CT molecular complexity index is 813. The normalized spacial score (nSPS) is 30.4. The summed E-state index contributed by atoms with van der Waals surface area (Å²) in [6.07, 6.45) is 8.12. The number of carbonyl (C=O) groups excluding carboxylic acids is 1. The number of aromatic nitrogens is 1. The first-order chi connectivity index (χ1) is 13.6. The van der Waals surface area contributed by atoms with E-state index in [1.165, 1.54) is 38.5 Å². The van der Waals surface area contributed by atoms with E-state index in [-0.39, 0.29) is 11.4 Å². The molecule has 4 fully saturated rings. The molecule has 6 rings (SSSR count). The summed E-state index contributed by atoms with van der Waals surface area (Å²) >= 11 is 1.56. The first-order valence-electron chi connectivity index (χ1n) is 10.4. The van der Waals surface area contributed by atoms with E-state index in [4.69, 9.17) is 4.74 Å². The van der Waals surface area contributed by atoms with Gasteiger partial charge >= 0.3 is 0 Å². The van der Waals surface area contributed by atoms with E-state index in [2.05, 4.69) is 22.0 Å². The number of hydrogen-bond acceptors (Lipinski definition) is 4. The van der Waals surface area contributed by atoms with Gasteiger partial charge < -0.3 is 9.64 Å². The van der Waals surface area contributed by atoms with Gasteiger partial charge in [-0.3, -0.25) is 4.79 Å². The molecule has 1 aromatic heterocycles. The highest BCUT2D eigenvalue weighted by molar-refractivity contribution is 7.07. The molecule has 4 aliphatic rings. The first kappa shape index (κ1) is 18.2. The molecule has 1 heterocycles. The molecule has 0 unspecified atom stereocenters. The Morgan fingerprint density at radius 3 is 2.54 bits per heavy atom.